The Morgan fingerprint density at radius 1 is 1.31 bits per heavy atom. The lowest BCUT2D eigenvalue weighted by Gasteiger charge is -2.14. The van der Waals surface area contributed by atoms with Gasteiger partial charge in [0, 0.05) is 24.1 Å². The number of pyridine rings is 1. The molecule has 2 N–H and O–H groups in total. The predicted molar refractivity (Wildman–Crippen MR) is 64.5 cm³/mol. The molecule has 0 aliphatic heterocycles. The first-order valence-electron chi connectivity index (χ1n) is 5.24. The molecule has 0 saturated heterocycles. The summed E-state index contributed by atoms with van der Waals surface area (Å²) in [5.74, 6) is 0.746. The van der Waals surface area contributed by atoms with E-state index in [1.165, 1.54) is 5.56 Å². The maximum atomic E-state index is 5.71. The van der Waals surface area contributed by atoms with Gasteiger partial charge in [-0.1, -0.05) is 20.8 Å². The maximum Gasteiger partial charge on any atom is 0.155 e. The van der Waals surface area contributed by atoms with Gasteiger partial charge in [-0.3, -0.25) is 0 Å². The van der Waals surface area contributed by atoms with E-state index in [0.717, 1.165) is 5.82 Å². The highest BCUT2D eigenvalue weighted by Crippen LogP contribution is 2.22. The zero-order chi connectivity index (χ0) is 11.8. The van der Waals surface area contributed by atoms with Crippen molar-refractivity contribution in [1.82, 2.24) is 14.8 Å². The average Bonchev–Trinajstić information content (AvgIpc) is 2.65. The van der Waals surface area contributed by atoms with Crippen LogP contribution >= 0.6 is 0 Å². The Balaban J connectivity index is 2.39. The van der Waals surface area contributed by atoms with Crippen LogP contribution in [0.2, 0.25) is 0 Å². The third-order valence-electron chi connectivity index (χ3n) is 2.45. The van der Waals surface area contributed by atoms with Gasteiger partial charge in [-0.15, -0.1) is 0 Å². The second kappa shape index (κ2) is 3.63. The highest BCUT2D eigenvalue weighted by Gasteiger charge is 2.16. The number of hydrogen-bond acceptors (Lipinski definition) is 3. The number of anilines is 1. The molecule has 2 rings (SSSR count). The van der Waals surface area contributed by atoms with Gasteiger partial charge in [0.15, 0.2) is 5.82 Å². The van der Waals surface area contributed by atoms with Crippen LogP contribution in [0.1, 0.15) is 26.3 Å². The second-order valence-electron chi connectivity index (χ2n) is 4.87. The minimum atomic E-state index is 0.0958. The molecular weight excluding hydrogens is 200 g/mol. The van der Waals surface area contributed by atoms with Crippen LogP contribution in [-0.4, -0.2) is 14.8 Å². The highest BCUT2D eigenvalue weighted by molar-refractivity contribution is 5.42. The quantitative estimate of drug-likeness (QED) is 0.794. The third-order valence-corrected chi connectivity index (χ3v) is 2.45. The smallest absolute Gasteiger partial charge is 0.155 e. The Morgan fingerprint density at radius 2 is 2.06 bits per heavy atom. The Morgan fingerprint density at radius 3 is 2.62 bits per heavy atom. The summed E-state index contributed by atoms with van der Waals surface area (Å²) in [7, 11) is 0. The summed E-state index contributed by atoms with van der Waals surface area (Å²) in [4.78, 5) is 4.23. The monoisotopic (exact) mass is 216 g/mol. The molecule has 4 heteroatoms. The van der Waals surface area contributed by atoms with E-state index < -0.39 is 0 Å². The van der Waals surface area contributed by atoms with Crippen LogP contribution in [0.5, 0.6) is 0 Å². The lowest BCUT2D eigenvalue weighted by molar-refractivity contribution is 0.590. The van der Waals surface area contributed by atoms with Crippen molar-refractivity contribution in [3.63, 3.8) is 0 Å². The average molecular weight is 216 g/mol. The van der Waals surface area contributed by atoms with E-state index in [1.54, 1.807) is 23.0 Å². The largest absolute Gasteiger partial charge is 0.399 e. The van der Waals surface area contributed by atoms with E-state index in [9.17, 15) is 0 Å². The molecule has 2 aromatic heterocycles. The molecule has 2 heterocycles. The lowest BCUT2D eigenvalue weighted by atomic mass is 9.90. The number of nitrogens with zero attached hydrogens (tertiary/aromatic N) is 3. The third kappa shape index (κ3) is 2.05. The first-order chi connectivity index (χ1) is 7.47. The van der Waals surface area contributed by atoms with E-state index in [-0.39, 0.29) is 5.41 Å². The van der Waals surface area contributed by atoms with Crippen molar-refractivity contribution >= 4 is 5.69 Å². The van der Waals surface area contributed by atoms with Gasteiger partial charge in [0.05, 0.1) is 6.20 Å². The second-order valence-corrected chi connectivity index (χ2v) is 4.87. The minimum Gasteiger partial charge on any atom is -0.399 e. The minimum absolute atomic E-state index is 0.0958. The van der Waals surface area contributed by atoms with Crippen LogP contribution in [0.4, 0.5) is 5.69 Å². The van der Waals surface area contributed by atoms with Crippen LogP contribution in [0.3, 0.4) is 0 Å². The maximum absolute atomic E-state index is 5.71. The molecule has 0 radical (unpaired) electrons. The molecular formula is C12H16N4. The molecule has 16 heavy (non-hydrogen) atoms. The summed E-state index contributed by atoms with van der Waals surface area (Å²) in [5.41, 5.74) is 7.67. The topological polar surface area (TPSA) is 56.7 Å². The molecule has 0 spiro atoms. The molecule has 84 valence electrons. The molecule has 0 aliphatic rings. The van der Waals surface area contributed by atoms with Crippen LogP contribution in [0.25, 0.3) is 5.82 Å². The van der Waals surface area contributed by atoms with E-state index in [0.29, 0.717) is 5.69 Å². The fourth-order valence-electron chi connectivity index (χ4n) is 1.39. The van der Waals surface area contributed by atoms with Crippen molar-refractivity contribution in [3.05, 3.63) is 36.3 Å². The molecule has 0 fully saturated rings. The zero-order valence-corrected chi connectivity index (χ0v) is 9.81. The van der Waals surface area contributed by atoms with Crippen molar-refractivity contribution in [2.45, 2.75) is 26.2 Å². The molecule has 0 aromatic carbocycles. The molecule has 4 nitrogen and oxygen atoms in total. The summed E-state index contributed by atoms with van der Waals surface area (Å²) in [6.07, 6.45) is 5.54. The Labute approximate surface area is 95.1 Å². The summed E-state index contributed by atoms with van der Waals surface area (Å²) >= 11 is 0. The number of hydrogen-bond donors (Lipinski definition) is 1. The summed E-state index contributed by atoms with van der Waals surface area (Å²) in [5, 5.41) is 4.29. The van der Waals surface area contributed by atoms with Gasteiger partial charge in [0.2, 0.25) is 0 Å². The van der Waals surface area contributed by atoms with E-state index >= 15 is 0 Å². The van der Waals surface area contributed by atoms with Gasteiger partial charge < -0.3 is 5.73 Å². The fraction of sp³-hybridized carbons (Fsp3) is 0.333. The van der Waals surface area contributed by atoms with Crippen molar-refractivity contribution in [3.8, 4) is 5.82 Å². The standard InChI is InChI=1S/C12H16N4/c1-12(2,3)9-7-15-16(8-9)11-6-10(13)4-5-14-11/h4-8H,1-3H3,(H2,13,14). The Kier molecular flexibility index (Phi) is 2.42. The summed E-state index contributed by atoms with van der Waals surface area (Å²) in [6.45, 7) is 6.46. The Bertz CT molecular complexity index is 494. The predicted octanol–water partition coefficient (Wildman–Crippen LogP) is 2.15. The first kappa shape index (κ1) is 10.7. The van der Waals surface area contributed by atoms with E-state index in [2.05, 4.69) is 30.9 Å². The number of rotatable bonds is 1. The van der Waals surface area contributed by atoms with Crippen molar-refractivity contribution < 1.29 is 0 Å². The number of aromatic nitrogens is 3. The fourth-order valence-corrected chi connectivity index (χ4v) is 1.39. The molecule has 0 amide bonds. The van der Waals surface area contributed by atoms with Crippen LogP contribution in [-0.2, 0) is 5.41 Å². The molecule has 0 saturated carbocycles. The van der Waals surface area contributed by atoms with Crippen molar-refractivity contribution in [2.75, 3.05) is 5.73 Å². The van der Waals surface area contributed by atoms with Crippen molar-refractivity contribution in [2.24, 2.45) is 0 Å². The van der Waals surface area contributed by atoms with Gasteiger partial charge in [-0.25, -0.2) is 9.67 Å². The molecule has 0 unspecified atom stereocenters. The van der Waals surface area contributed by atoms with Crippen LogP contribution < -0.4 is 5.73 Å². The van der Waals surface area contributed by atoms with Crippen LogP contribution in [0, 0.1) is 0 Å². The SMILES string of the molecule is CC(C)(C)c1cnn(-c2cc(N)ccn2)c1. The molecule has 0 atom stereocenters. The normalized spacial score (nSPS) is 11.7. The lowest BCUT2D eigenvalue weighted by Crippen LogP contribution is -2.09. The summed E-state index contributed by atoms with van der Waals surface area (Å²) < 4.78 is 1.75. The van der Waals surface area contributed by atoms with E-state index in [1.807, 2.05) is 12.4 Å². The van der Waals surface area contributed by atoms with Crippen molar-refractivity contribution in [1.29, 1.82) is 0 Å². The molecule has 0 aliphatic carbocycles. The Hall–Kier alpha value is -1.84. The van der Waals surface area contributed by atoms with E-state index in [4.69, 9.17) is 5.73 Å². The number of nitrogen functional groups attached to an aromatic ring is 1. The van der Waals surface area contributed by atoms with Crippen LogP contribution in [0.15, 0.2) is 30.7 Å². The van der Waals surface area contributed by atoms with Gasteiger partial charge in [-0.05, 0) is 17.0 Å². The molecule has 2 aromatic rings. The summed E-state index contributed by atoms with van der Waals surface area (Å²) in [6, 6.07) is 3.57. The first-order valence-corrected chi connectivity index (χ1v) is 5.24. The zero-order valence-electron chi connectivity index (χ0n) is 9.81. The number of nitrogens with two attached hydrogens (primary N) is 1. The molecule has 0 bridgehead atoms. The highest BCUT2D eigenvalue weighted by atomic mass is 15.3. The van der Waals surface area contributed by atoms with Gasteiger partial charge in [0.25, 0.3) is 0 Å². The van der Waals surface area contributed by atoms with Gasteiger partial charge in [-0.2, -0.15) is 5.10 Å². The van der Waals surface area contributed by atoms with Gasteiger partial charge in [0.1, 0.15) is 0 Å². The van der Waals surface area contributed by atoms with Gasteiger partial charge >= 0.3 is 0 Å².